The smallest absolute Gasteiger partial charge is 0.203 e. The molecular formula is C20H18N6O2. The average Bonchev–Trinajstić information content (AvgIpc) is 3.14. The molecule has 0 atom stereocenters. The largest absolute Gasteiger partial charge is 0.505 e. The van der Waals surface area contributed by atoms with Crippen LogP contribution in [0.3, 0.4) is 0 Å². The van der Waals surface area contributed by atoms with Crippen LogP contribution in [0.5, 0.6) is 5.75 Å². The van der Waals surface area contributed by atoms with Gasteiger partial charge in [-0.05, 0) is 24.5 Å². The maximum absolute atomic E-state index is 12.2. The Hall–Kier alpha value is -3.81. The molecule has 0 aliphatic heterocycles. The van der Waals surface area contributed by atoms with E-state index >= 15 is 0 Å². The summed E-state index contributed by atoms with van der Waals surface area (Å²) in [6, 6.07) is 9.33. The fourth-order valence-electron chi connectivity index (χ4n) is 2.89. The molecule has 4 aromatic rings. The molecule has 0 bridgehead atoms. The van der Waals surface area contributed by atoms with Gasteiger partial charge in [0.2, 0.25) is 5.43 Å². The van der Waals surface area contributed by atoms with Crippen molar-refractivity contribution in [3.63, 3.8) is 0 Å². The van der Waals surface area contributed by atoms with Gasteiger partial charge in [-0.1, -0.05) is 18.2 Å². The molecule has 8 nitrogen and oxygen atoms in total. The highest BCUT2D eigenvalue weighted by atomic mass is 16.3. The first-order valence-electron chi connectivity index (χ1n) is 8.77. The summed E-state index contributed by atoms with van der Waals surface area (Å²) in [5, 5.41) is 17.9. The zero-order valence-corrected chi connectivity index (χ0v) is 15.2. The van der Waals surface area contributed by atoms with E-state index in [1.165, 1.54) is 18.5 Å². The fourth-order valence-corrected chi connectivity index (χ4v) is 2.89. The van der Waals surface area contributed by atoms with Crippen molar-refractivity contribution in [2.45, 2.75) is 12.8 Å². The Labute approximate surface area is 160 Å². The minimum absolute atomic E-state index is 0.0277. The van der Waals surface area contributed by atoms with Crippen LogP contribution in [0.2, 0.25) is 0 Å². The summed E-state index contributed by atoms with van der Waals surface area (Å²) >= 11 is 0. The molecule has 0 aliphatic rings. The van der Waals surface area contributed by atoms with Crippen LogP contribution in [0.15, 0.2) is 66.1 Å². The Bertz CT molecular complexity index is 1160. The zero-order valence-electron chi connectivity index (χ0n) is 15.2. The van der Waals surface area contributed by atoms with Gasteiger partial charge in [0, 0.05) is 24.9 Å². The summed E-state index contributed by atoms with van der Waals surface area (Å²) in [5.74, 6) is 0.566. The first-order valence-corrected chi connectivity index (χ1v) is 8.77. The van der Waals surface area contributed by atoms with Crippen LogP contribution in [0.1, 0.15) is 11.3 Å². The first kappa shape index (κ1) is 17.6. The van der Waals surface area contributed by atoms with Crippen molar-refractivity contribution in [1.82, 2.24) is 29.5 Å². The van der Waals surface area contributed by atoms with Gasteiger partial charge in [0.05, 0.1) is 24.8 Å². The Morgan fingerprint density at radius 2 is 1.89 bits per heavy atom. The summed E-state index contributed by atoms with van der Waals surface area (Å²) in [4.78, 5) is 20.5. The van der Waals surface area contributed by atoms with Gasteiger partial charge >= 0.3 is 0 Å². The Morgan fingerprint density at radius 1 is 1.07 bits per heavy atom. The molecule has 3 heterocycles. The number of hydrogen-bond acceptors (Lipinski definition) is 6. The molecule has 0 saturated heterocycles. The van der Waals surface area contributed by atoms with Crippen molar-refractivity contribution in [3.8, 4) is 22.8 Å². The number of rotatable bonds is 5. The van der Waals surface area contributed by atoms with Gasteiger partial charge in [-0.3, -0.25) is 9.48 Å². The fraction of sp³-hybridized carbons (Fsp3) is 0.150. The van der Waals surface area contributed by atoms with E-state index in [9.17, 15) is 9.90 Å². The van der Waals surface area contributed by atoms with Crippen molar-refractivity contribution >= 4 is 0 Å². The molecule has 0 unspecified atom stereocenters. The molecule has 0 fully saturated rings. The highest BCUT2D eigenvalue weighted by Crippen LogP contribution is 2.18. The van der Waals surface area contributed by atoms with E-state index in [2.05, 4.69) is 20.2 Å². The number of aromatic hydroxyl groups is 1. The lowest BCUT2D eigenvalue weighted by atomic mass is 10.0. The number of aromatic nitrogens is 6. The number of benzene rings is 1. The molecule has 0 amide bonds. The highest BCUT2D eigenvalue weighted by molar-refractivity contribution is 5.56. The maximum atomic E-state index is 12.2. The van der Waals surface area contributed by atoms with Crippen LogP contribution in [-0.4, -0.2) is 34.6 Å². The lowest BCUT2D eigenvalue weighted by Crippen LogP contribution is -2.16. The Morgan fingerprint density at radius 3 is 2.64 bits per heavy atom. The van der Waals surface area contributed by atoms with Gasteiger partial charge < -0.3 is 5.11 Å². The number of nitrogens with zero attached hydrogens (tertiary/aromatic N) is 6. The third-order valence-corrected chi connectivity index (χ3v) is 4.31. The maximum Gasteiger partial charge on any atom is 0.203 e. The molecule has 28 heavy (non-hydrogen) atoms. The van der Waals surface area contributed by atoms with Crippen LogP contribution in [0.25, 0.3) is 17.1 Å². The number of aryl methyl sites for hydroxylation is 3. The molecule has 0 radical (unpaired) electrons. The van der Waals surface area contributed by atoms with Crippen molar-refractivity contribution < 1.29 is 5.11 Å². The summed E-state index contributed by atoms with van der Waals surface area (Å²) in [6.07, 6.45) is 9.08. The predicted octanol–water partition coefficient (Wildman–Crippen LogP) is 1.91. The van der Waals surface area contributed by atoms with Crippen LogP contribution in [-0.2, 0) is 19.9 Å². The highest BCUT2D eigenvalue weighted by Gasteiger charge is 2.08. The SMILES string of the molecule is Cn1cc(-n2ccc(=O)c(CCc3cccc(-c4ncc(O)cn4)c3)n2)cn1. The second-order valence-corrected chi connectivity index (χ2v) is 6.41. The predicted molar refractivity (Wildman–Crippen MR) is 103 cm³/mol. The van der Waals surface area contributed by atoms with E-state index in [0.717, 1.165) is 16.8 Å². The van der Waals surface area contributed by atoms with Crippen LogP contribution in [0, 0.1) is 0 Å². The zero-order chi connectivity index (χ0) is 19.5. The van der Waals surface area contributed by atoms with Gasteiger partial charge in [-0.15, -0.1) is 0 Å². The van der Waals surface area contributed by atoms with Gasteiger partial charge in [0.1, 0.15) is 11.4 Å². The Kier molecular flexibility index (Phi) is 4.67. The third kappa shape index (κ3) is 3.80. The van der Waals surface area contributed by atoms with Crippen molar-refractivity contribution in [2.24, 2.45) is 7.05 Å². The second kappa shape index (κ2) is 7.43. The third-order valence-electron chi connectivity index (χ3n) is 4.31. The van der Waals surface area contributed by atoms with Gasteiger partial charge in [-0.2, -0.15) is 10.2 Å². The average molecular weight is 374 g/mol. The summed E-state index contributed by atoms with van der Waals surface area (Å²) < 4.78 is 3.34. The van der Waals surface area contributed by atoms with Gasteiger partial charge in [0.25, 0.3) is 0 Å². The molecule has 0 aliphatic carbocycles. The van der Waals surface area contributed by atoms with E-state index in [1.54, 1.807) is 21.8 Å². The van der Waals surface area contributed by atoms with Crippen molar-refractivity contribution in [2.75, 3.05) is 0 Å². The molecule has 1 aromatic carbocycles. The normalized spacial score (nSPS) is 10.9. The van der Waals surface area contributed by atoms with Crippen molar-refractivity contribution in [3.05, 3.63) is 82.8 Å². The Balaban J connectivity index is 1.54. The molecule has 3 aromatic heterocycles. The summed E-state index contributed by atoms with van der Waals surface area (Å²) in [5.41, 5.74) is 3.12. The van der Waals surface area contributed by atoms with E-state index < -0.39 is 0 Å². The topological polar surface area (TPSA) is 98.7 Å². The van der Waals surface area contributed by atoms with Crippen LogP contribution in [0.4, 0.5) is 0 Å². The second-order valence-electron chi connectivity index (χ2n) is 6.41. The molecule has 0 saturated carbocycles. The molecule has 4 rings (SSSR count). The van der Waals surface area contributed by atoms with Gasteiger partial charge in [0.15, 0.2) is 11.6 Å². The van der Waals surface area contributed by atoms with Crippen LogP contribution < -0.4 is 5.43 Å². The molecule has 0 spiro atoms. The first-order chi connectivity index (χ1) is 13.6. The minimum atomic E-state index is -0.0850. The van der Waals surface area contributed by atoms with E-state index in [-0.39, 0.29) is 11.2 Å². The van der Waals surface area contributed by atoms with Crippen LogP contribution >= 0.6 is 0 Å². The quantitative estimate of drug-likeness (QED) is 0.573. The molecule has 8 heteroatoms. The monoisotopic (exact) mass is 374 g/mol. The number of hydrogen-bond donors (Lipinski definition) is 1. The standard InChI is InChI=1S/C20H18N6O2/c1-25-13-16(10-23-25)26-8-7-19(28)18(24-26)6-5-14-3-2-4-15(9-14)20-21-11-17(27)12-22-20/h2-4,7-13,27H,5-6H2,1H3. The van der Waals surface area contributed by atoms with Gasteiger partial charge in [-0.25, -0.2) is 14.6 Å². The lowest BCUT2D eigenvalue weighted by molar-refractivity contribution is 0.470. The molecular weight excluding hydrogens is 356 g/mol. The molecule has 140 valence electrons. The van der Waals surface area contributed by atoms with E-state index in [1.807, 2.05) is 37.5 Å². The van der Waals surface area contributed by atoms with E-state index in [4.69, 9.17) is 0 Å². The lowest BCUT2D eigenvalue weighted by Gasteiger charge is -2.06. The molecule has 1 N–H and O–H groups in total. The minimum Gasteiger partial charge on any atom is -0.505 e. The summed E-state index contributed by atoms with van der Waals surface area (Å²) in [7, 11) is 1.83. The summed E-state index contributed by atoms with van der Waals surface area (Å²) in [6.45, 7) is 0. The van der Waals surface area contributed by atoms with E-state index in [0.29, 0.717) is 24.4 Å². The van der Waals surface area contributed by atoms with Crippen molar-refractivity contribution in [1.29, 1.82) is 0 Å².